The van der Waals surface area contributed by atoms with Crippen molar-refractivity contribution in [1.29, 1.82) is 0 Å². The molecule has 2 rings (SSSR count). The van der Waals surface area contributed by atoms with Gasteiger partial charge >= 0.3 is 0 Å². The third-order valence-corrected chi connectivity index (χ3v) is 3.64. The van der Waals surface area contributed by atoms with Gasteiger partial charge in [0.15, 0.2) is 0 Å². The normalized spacial score (nSPS) is 11.3. The Hall–Kier alpha value is -2.86. The first kappa shape index (κ1) is 18.5. The molecule has 0 aromatic heterocycles. The predicted octanol–water partition coefficient (Wildman–Crippen LogP) is 2.37. The lowest BCUT2D eigenvalue weighted by Crippen LogP contribution is -2.43. The maximum Gasteiger partial charge on any atom is 0.269 e. The fraction of sp³-hybridized carbons (Fsp3) is 0.167. The van der Waals surface area contributed by atoms with E-state index in [0.29, 0.717) is 10.6 Å². The smallest absolute Gasteiger partial charge is 0.269 e. The van der Waals surface area contributed by atoms with Crippen LogP contribution < -0.4 is 16.2 Å². The van der Waals surface area contributed by atoms with Crippen LogP contribution in [0, 0.1) is 0 Å². The monoisotopic (exact) mass is 359 g/mol. The molecular weight excluding hydrogens is 342 g/mol. The molecule has 7 heteroatoms. The topological polar surface area (TPSA) is 87.3 Å². The van der Waals surface area contributed by atoms with Crippen LogP contribution in [0.15, 0.2) is 54.6 Å². The predicted molar refractivity (Wildman–Crippen MR) is 94.7 cm³/mol. The Morgan fingerprint density at radius 3 is 2.20 bits per heavy atom. The van der Waals surface area contributed by atoms with Gasteiger partial charge in [-0.05, 0) is 29.8 Å². The zero-order chi connectivity index (χ0) is 18.2. The lowest BCUT2D eigenvalue weighted by atomic mass is 10.0. The first-order valence-electron chi connectivity index (χ1n) is 7.62. The van der Waals surface area contributed by atoms with Crippen molar-refractivity contribution in [2.24, 2.45) is 0 Å². The van der Waals surface area contributed by atoms with E-state index in [9.17, 15) is 14.4 Å². The van der Waals surface area contributed by atoms with E-state index >= 15 is 0 Å². The number of benzene rings is 2. The first-order valence-corrected chi connectivity index (χ1v) is 8.00. The van der Waals surface area contributed by atoms with Crippen molar-refractivity contribution in [2.45, 2.75) is 19.4 Å². The fourth-order valence-electron chi connectivity index (χ4n) is 2.22. The van der Waals surface area contributed by atoms with E-state index in [1.807, 2.05) is 30.3 Å². The van der Waals surface area contributed by atoms with Gasteiger partial charge in [-0.3, -0.25) is 25.2 Å². The van der Waals surface area contributed by atoms with E-state index in [2.05, 4.69) is 16.2 Å². The van der Waals surface area contributed by atoms with Gasteiger partial charge in [0, 0.05) is 17.5 Å². The van der Waals surface area contributed by atoms with Gasteiger partial charge in [0.1, 0.15) is 0 Å². The molecule has 0 saturated heterocycles. The zero-order valence-corrected chi connectivity index (χ0v) is 14.3. The summed E-state index contributed by atoms with van der Waals surface area (Å²) in [5, 5.41) is 3.24. The van der Waals surface area contributed by atoms with Gasteiger partial charge in [0.2, 0.25) is 11.8 Å². The molecule has 25 heavy (non-hydrogen) atoms. The van der Waals surface area contributed by atoms with E-state index in [1.54, 1.807) is 24.3 Å². The molecule has 0 radical (unpaired) electrons. The van der Waals surface area contributed by atoms with Crippen LogP contribution in [0.2, 0.25) is 5.02 Å². The third kappa shape index (κ3) is 5.93. The van der Waals surface area contributed by atoms with Crippen molar-refractivity contribution in [2.75, 3.05) is 0 Å². The molecule has 1 atom stereocenters. The minimum absolute atomic E-state index is 0.00943. The average Bonchev–Trinajstić information content (AvgIpc) is 2.60. The fourth-order valence-corrected chi connectivity index (χ4v) is 2.35. The highest BCUT2D eigenvalue weighted by Gasteiger charge is 2.17. The molecule has 0 fully saturated rings. The molecular formula is C18H18ClN3O3. The Morgan fingerprint density at radius 2 is 1.60 bits per heavy atom. The number of nitrogens with one attached hydrogen (secondary N) is 3. The number of carbonyl (C=O) groups excluding carboxylic acids is 3. The third-order valence-electron chi connectivity index (χ3n) is 3.39. The van der Waals surface area contributed by atoms with E-state index in [-0.39, 0.29) is 12.3 Å². The van der Waals surface area contributed by atoms with Crippen LogP contribution in [0.1, 0.15) is 35.3 Å². The summed E-state index contributed by atoms with van der Waals surface area (Å²) in [7, 11) is 0. The summed E-state index contributed by atoms with van der Waals surface area (Å²) in [6.45, 7) is 1.39. The zero-order valence-electron chi connectivity index (χ0n) is 13.6. The Morgan fingerprint density at radius 1 is 0.960 bits per heavy atom. The standard InChI is InChI=1S/C18H18ClN3O3/c1-12(23)20-16(13-5-3-2-4-6-13)11-17(24)21-22-18(25)14-7-9-15(19)10-8-14/h2-10,16H,11H2,1H3,(H,20,23)(H,21,24)(H,22,25)/t16-/m0/s1. The molecule has 0 aliphatic carbocycles. The Balaban J connectivity index is 1.93. The largest absolute Gasteiger partial charge is 0.349 e. The van der Waals surface area contributed by atoms with Crippen LogP contribution in [0.5, 0.6) is 0 Å². The number of hydrazine groups is 1. The summed E-state index contributed by atoms with van der Waals surface area (Å²) >= 11 is 5.76. The van der Waals surface area contributed by atoms with Crippen LogP contribution in [0.4, 0.5) is 0 Å². The van der Waals surface area contributed by atoms with Crippen molar-refractivity contribution in [3.63, 3.8) is 0 Å². The van der Waals surface area contributed by atoms with Crippen LogP contribution in [0.25, 0.3) is 0 Å². The molecule has 0 spiro atoms. The van der Waals surface area contributed by atoms with Gasteiger partial charge in [-0.15, -0.1) is 0 Å². The number of halogens is 1. The van der Waals surface area contributed by atoms with Gasteiger partial charge < -0.3 is 5.32 Å². The van der Waals surface area contributed by atoms with Gasteiger partial charge in [-0.1, -0.05) is 41.9 Å². The van der Waals surface area contributed by atoms with Crippen LogP contribution in [-0.4, -0.2) is 17.7 Å². The highest BCUT2D eigenvalue weighted by Crippen LogP contribution is 2.16. The molecule has 130 valence electrons. The van der Waals surface area contributed by atoms with Crippen molar-refractivity contribution < 1.29 is 14.4 Å². The number of carbonyl (C=O) groups is 3. The number of rotatable bonds is 5. The Kier molecular flexibility index (Phi) is 6.54. The Labute approximate surface area is 150 Å². The summed E-state index contributed by atoms with van der Waals surface area (Å²) in [5.74, 6) is -1.13. The lowest BCUT2D eigenvalue weighted by molar-refractivity contribution is -0.123. The quantitative estimate of drug-likeness (QED) is 0.716. The van der Waals surface area contributed by atoms with Gasteiger partial charge in [-0.25, -0.2) is 0 Å². The van der Waals surface area contributed by atoms with E-state index in [0.717, 1.165) is 5.56 Å². The molecule has 2 aromatic rings. The van der Waals surface area contributed by atoms with Crippen LogP contribution >= 0.6 is 11.6 Å². The second-order valence-corrected chi connectivity index (χ2v) is 5.81. The van der Waals surface area contributed by atoms with Crippen molar-refractivity contribution in [1.82, 2.24) is 16.2 Å². The van der Waals surface area contributed by atoms with Gasteiger partial charge in [0.05, 0.1) is 12.5 Å². The van der Waals surface area contributed by atoms with Gasteiger partial charge in [0.25, 0.3) is 5.91 Å². The van der Waals surface area contributed by atoms with E-state index < -0.39 is 17.9 Å². The highest BCUT2D eigenvalue weighted by atomic mass is 35.5. The number of amides is 3. The van der Waals surface area contributed by atoms with Gasteiger partial charge in [-0.2, -0.15) is 0 Å². The number of hydrogen-bond donors (Lipinski definition) is 3. The minimum Gasteiger partial charge on any atom is -0.349 e. The first-order chi connectivity index (χ1) is 12.0. The molecule has 0 bridgehead atoms. The van der Waals surface area contributed by atoms with Crippen LogP contribution in [-0.2, 0) is 9.59 Å². The van der Waals surface area contributed by atoms with Crippen molar-refractivity contribution in [3.05, 3.63) is 70.7 Å². The van der Waals surface area contributed by atoms with Crippen LogP contribution in [0.3, 0.4) is 0 Å². The number of hydrogen-bond acceptors (Lipinski definition) is 3. The second-order valence-electron chi connectivity index (χ2n) is 5.38. The van der Waals surface area contributed by atoms with Crippen molar-refractivity contribution >= 4 is 29.3 Å². The molecule has 0 heterocycles. The van der Waals surface area contributed by atoms with E-state index in [4.69, 9.17) is 11.6 Å². The molecule has 3 amide bonds. The maximum atomic E-state index is 12.1. The molecule has 3 N–H and O–H groups in total. The van der Waals surface area contributed by atoms with E-state index in [1.165, 1.54) is 6.92 Å². The average molecular weight is 360 g/mol. The minimum atomic E-state index is -0.480. The van der Waals surface area contributed by atoms with Crippen molar-refractivity contribution in [3.8, 4) is 0 Å². The molecule has 2 aromatic carbocycles. The molecule has 0 aliphatic heterocycles. The highest BCUT2D eigenvalue weighted by molar-refractivity contribution is 6.30. The SMILES string of the molecule is CC(=O)N[C@@H](CC(=O)NNC(=O)c1ccc(Cl)cc1)c1ccccc1. The second kappa shape index (κ2) is 8.84. The molecule has 6 nitrogen and oxygen atoms in total. The molecule has 0 unspecified atom stereocenters. The Bertz CT molecular complexity index is 748. The summed E-state index contributed by atoms with van der Waals surface area (Å²) in [4.78, 5) is 35.4. The summed E-state index contributed by atoms with van der Waals surface area (Å²) in [5.41, 5.74) is 5.85. The molecule has 0 saturated carbocycles. The summed E-state index contributed by atoms with van der Waals surface area (Å²) in [6, 6.07) is 14.9. The summed E-state index contributed by atoms with van der Waals surface area (Å²) < 4.78 is 0. The lowest BCUT2D eigenvalue weighted by Gasteiger charge is -2.18. The summed E-state index contributed by atoms with van der Waals surface area (Å²) in [6.07, 6.45) is -0.00943. The maximum absolute atomic E-state index is 12.1. The molecule has 0 aliphatic rings.